The molecule has 13 nitrogen and oxygen atoms in total. The monoisotopic (exact) mass is 985 g/mol. The lowest BCUT2D eigenvalue weighted by Gasteiger charge is -2.43. The number of pyridine rings is 1. The van der Waals surface area contributed by atoms with Crippen LogP contribution < -0.4 is 10.3 Å². The average molecular weight is 987 g/mol. The molecule has 1 aromatic heterocycles. The minimum absolute atomic E-state index is 0.0136. The van der Waals surface area contributed by atoms with Gasteiger partial charge >= 0.3 is 12.2 Å². The molecule has 3 heterocycles. The smallest absolute Gasteiger partial charge is 0.449 e. The van der Waals surface area contributed by atoms with Crippen molar-refractivity contribution in [2.24, 2.45) is 0 Å². The number of piperazine rings is 1. The number of rotatable bonds is 18. The lowest BCUT2D eigenvalue weighted by atomic mass is 9.70. The van der Waals surface area contributed by atoms with E-state index < -0.39 is 34.5 Å². The molecule has 0 radical (unpaired) electrons. The second-order valence-electron chi connectivity index (χ2n) is 17.0. The highest BCUT2D eigenvalue weighted by molar-refractivity contribution is 8.76. The quantitative estimate of drug-likeness (QED) is 0.0360. The third-order valence-corrected chi connectivity index (χ3v) is 15.4. The summed E-state index contributed by atoms with van der Waals surface area (Å²) in [6.45, 7) is 5.98. The molecule has 0 bridgehead atoms. The van der Waals surface area contributed by atoms with Crippen LogP contribution in [0.2, 0.25) is 5.02 Å². The number of piperidine rings is 1. The van der Waals surface area contributed by atoms with Crippen molar-refractivity contribution < 1.29 is 37.8 Å². The minimum atomic E-state index is -0.928. The van der Waals surface area contributed by atoms with Crippen LogP contribution in [-0.4, -0.2) is 128 Å². The molecule has 17 heteroatoms. The fraction of sp³-hybridized carbons (Fsp3) is 0.392. The van der Waals surface area contributed by atoms with Crippen LogP contribution >= 0.6 is 33.2 Å². The molecule has 7 rings (SSSR count). The van der Waals surface area contributed by atoms with Gasteiger partial charge in [0.25, 0.3) is 0 Å². The van der Waals surface area contributed by atoms with Crippen molar-refractivity contribution in [2.45, 2.75) is 43.7 Å². The van der Waals surface area contributed by atoms with E-state index in [-0.39, 0.29) is 30.1 Å². The normalized spacial score (nSPS) is 15.2. The Kier molecular flexibility index (Phi) is 17.1. The van der Waals surface area contributed by atoms with Gasteiger partial charge in [0, 0.05) is 101 Å². The summed E-state index contributed by atoms with van der Waals surface area (Å²) in [6.07, 6.45) is 2.36. The van der Waals surface area contributed by atoms with Crippen molar-refractivity contribution in [3.8, 4) is 0 Å². The highest BCUT2D eigenvalue weighted by Crippen LogP contribution is 2.41. The zero-order valence-electron chi connectivity index (χ0n) is 38.6. The number of hydrogen-bond acceptors (Lipinski definition) is 12. The van der Waals surface area contributed by atoms with Gasteiger partial charge in [-0.15, -0.1) is 0 Å². The highest BCUT2D eigenvalue weighted by atomic mass is 35.5. The van der Waals surface area contributed by atoms with E-state index in [2.05, 4.69) is 4.90 Å². The number of likely N-dealkylation sites (tertiary alicyclic amines) is 1. The van der Waals surface area contributed by atoms with Crippen LogP contribution in [0.4, 0.5) is 19.7 Å². The van der Waals surface area contributed by atoms with Gasteiger partial charge in [-0.25, -0.2) is 14.0 Å². The van der Waals surface area contributed by atoms with Crippen molar-refractivity contribution in [2.75, 3.05) is 89.5 Å². The van der Waals surface area contributed by atoms with E-state index in [1.807, 2.05) is 84.6 Å². The second kappa shape index (κ2) is 23.2. The number of ether oxygens (including phenoxy) is 3. The van der Waals surface area contributed by atoms with Gasteiger partial charge < -0.3 is 38.4 Å². The van der Waals surface area contributed by atoms with Gasteiger partial charge in [0.15, 0.2) is 11.7 Å². The molecule has 2 aliphatic rings. The number of aldehydes is 1. The number of fused-ring (bicyclic) bond motifs is 1. The van der Waals surface area contributed by atoms with E-state index >= 15 is 4.39 Å². The van der Waals surface area contributed by atoms with E-state index in [0.29, 0.717) is 106 Å². The van der Waals surface area contributed by atoms with Crippen molar-refractivity contribution in [1.82, 2.24) is 19.3 Å². The Morgan fingerprint density at radius 2 is 1.44 bits per heavy atom. The van der Waals surface area contributed by atoms with Gasteiger partial charge in [0.2, 0.25) is 5.91 Å². The lowest BCUT2D eigenvalue weighted by Crippen LogP contribution is -2.49. The zero-order chi connectivity index (χ0) is 48.3. The number of amides is 2. The van der Waals surface area contributed by atoms with Gasteiger partial charge in [0.05, 0.1) is 16.8 Å². The molecule has 0 aliphatic carbocycles. The number of benzene rings is 4. The van der Waals surface area contributed by atoms with E-state index in [1.165, 1.54) is 33.9 Å². The number of likely N-dealkylation sites (N-methyl/N-ethyl adjacent to an activating group) is 1. The molecular formula is C51H57ClFN5O8S2. The molecule has 2 aliphatic heterocycles. The van der Waals surface area contributed by atoms with E-state index in [1.54, 1.807) is 46.7 Å². The van der Waals surface area contributed by atoms with Crippen LogP contribution in [0.1, 0.15) is 53.2 Å². The van der Waals surface area contributed by atoms with E-state index in [0.717, 1.165) is 16.7 Å². The molecule has 0 spiro atoms. The molecule has 2 amide bonds. The fourth-order valence-electron chi connectivity index (χ4n) is 9.16. The van der Waals surface area contributed by atoms with Crippen LogP contribution in [0.3, 0.4) is 0 Å². The van der Waals surface area contributed by atoms with Crippen LogP contribution in [0.5, 0.6) is 0 Å². The first-order valence-corrected chi connectivity index (χ1v) is 25.7. The summed E-state index contributed by atoms with van der Waals surface area (Å²) in [5.74, 6) is 0.459. The van der Waals surface area contributed by atoms with Crippen LogP contribution in [0.25, 0.3) is 10.9 Å². The Bertz CT molecular complexity index is 2550. The van der Waals surface area contributed by atoms with Crippen molar-refractivity contribution in [3.05, 3.63) is 147 Å². The summed E-state index contributed by atoms with van der Waals surface area (Å²) >= 11 is 6.27. The average Bonchev–Trinajstić information content (AvgIpc) is 3.36. The second-order valence-corrected chi connectivity index (χ2v) is 20.1. The van der Waals surface area contributed by atoms with Crippen molar-refractivity contribution >= 4 is 74.2 Å². The summed E-state index contributed by atoms with van der Waals surface area (Å²) in [6, 6.07) is 30.1. The molecule has 68 heavy (non-hydrogen) atoms. The molecule has 0 saturated carbocycles. The number of hydrogen-bond donors (Lipinski definition) is 0. The maximum absolute atomic E-state index is 15.3. The largest absolute Gasteiger partial charge is 0.509 e. The predicted molar refractivity (Wildman–Crippen MR) is 267 cm³/mol. The maximum atomic E-state index is 15.3. The molecule has 5 aromatic rings. The third-order valence-electron chi connectivity index (χ3n) is 12.8. The number of halogens is 2. The van der Waals surface area contributed by atoms with E-state index in [4.69, 9.17) is 25.8 Å². The Morgan fingerprint density at radius 3 is 2.01 bits per heavy atom. The standard InChI is InChI=1S/C51H57ClFN5O8S2/c1-4-56-35-37(36-59)46(60)42-33-43(53)45(34-44(42)56)57-25-27-58(28-26-57)48(62)64-29-31-67-68-32-30-65-49(63)66-50(38-15-17-41(52)18-16-38)19-22-55(23-20-50)24-21-51(47(61)54(2)3,39-11-7-5-8-12-39)40-13-9-6-10-14-40/h5-18,33-36H,4,19-32H2,1-3H3. The topological polar surface area (TPSA) is 131 Å². The molecule has 2 saturated heterocycles. The Morgan fingerprint density at radius 1 is 0.838 bits per heavy atom. The molecule has 4 aromatic carbocycles. The number of anilines is 1. The summed E-state index contributed by atoms with van der Waals surface area (Å²) in [5, 5.41) is 0.728. The number of carbonyl (C=O) groups excluding carboxylic acids is 4. The fourth-order valence-corrected chi connectivity index (χ4v) is 10.9. The predicted octanol–water partition coefficient (Wildman–Crippen LogP) is 8.88. The molecule has 2 fully saturated rings. The number of aromatic nitrogens is 1. The van der Waals surface area contributed by atoms with Crippen molar-refractivity contribution in [1.29, 1.82) is 0 Å². The molecule has 360 valence electrons. The molecular weight excluding hydrogens is 929 g/mol. The van der Waals surface area contributed by atoms with E-state index in [9.17, 15) is 24.0 Å². The van der Waals surface area contributed by atoms with Crippen molar-refractivity contribution in [3.63, 3.8) is 0 Å². The molecule has 0 N–H and O–H groups in total. The maximum Gasteiger partial charge on any atom is 0.509 e. The first-order valence-electron chi connectivity index (χ1n) is 22.8. The summed E-state index contributed by atoms with van der Waals surface area (Å²) in [4.78, 5) is 71.9. The molecule has 0 atom stereocenters. The minimum Gasteiger partial charge on any atom is -0.449 e. The summed E-state index contributed by atoms with van der Waals surface area (Å²) in [7, 11) is 6.58. The lowest BCUT2D eigenvalue weighted by molar-refractivity contribution is -0.134. The summed E-state index contributed by atoms with van der Waals surface area (Å²) < 4.78 is 34.3. The Labute approximate surface area is 409 Å². The zero-order valence-corrected chi connectivity index (χ0v) is 41.0. The highest BCUT2D eigenvalue weighted by Gasteiger charge is 2.45. The first-order chi connectivity index (χ1) is 32.9. The van der Waals surface area contributed by atoms with Gasteiger partial charge in [-0.05, 0) is 60.8 Å². The van der Waals surface area contributed by atoms with Gasteiger partial charge in [-0.1, -0.05) is 106 Å². The van der Waals surface area contributed by atoms with Crippen LogP contribution in [0, 0.1) is 5.82 Å². The SMILES string of the molecule is CCn1cc(C=O)c(=O)c2cc(F)c(N3CCN(C(=O)OCCSSCCOC(=O)OC4(c5ccc(Cl)cc5)CCN(CCC(C(=O)N(C)C)(c5ccccc5)c5ccccc5)CC4)CC3)cc21. The van der Waals surface area contributed by atoms with Gasteiger partial charge in [0.1, 0.15) is 30.0 Å². The first kappa shape index (κ1) is 50.3. The molecule has 0 unspecified atom stereocenters. The third kappa shape index (κ3) is 11.5. The Balaban J connectivity index is 0.850. The number of carbonyl (C=O) groups is 4. The number of aryl methyl sites for hydroxylation is 1. The van der Waals surface area contributed by atoms with Gasteiger partial charge in [-0.2, -0.15) is 0 Å². The van der Waals surface area contributed by atoms with Gasteiger partial charge in [-0.3, -0.25) is 14.4 Å². The van der Waals surface area contributed by atoms with Crippen LogP contribution in [0.15, 0.2) is 108 Å². The summed E-state index contributed by atoms with van der Waals surface area (Å²) in [5.41, 5.74) is 1.24. The number of nitrogens with zero attached hydrogens (tertiary/aromatic N) is 5. The Hall–Kier alpha value is -5.55. The van der Waals surface area contributed by atoms with Crippen LogP contribution in [-0.2, 0) is 36.6 Å².